The lowest BCUT2D eigenvalue weighted by atomic mass is 10.2. The van der Waals surface area contributed by atoms with E-state index in [1.54, 1.807) is 32.4 Å². The van der Waals surface area contributed by atoms with E-state index in [0.717, 1.165) is 4.31 Å². The summed E-state index contributed by atoms with van der Waals surface area (Å²) in [7, 11) is -2.05. The molecule has 19 heavy (non-hydrogen) atoms. The Balaban J connectivity index is 3.12. The number of hydrogen-bond donors (Lipinski definition) is 1. The van der Waals surface area contributed by atoms with Crippen LogP contribution in [0, 0.1) is 6.92 Å². The molecule has 0 bridgehead atoms. The van der Waals surface area contributed by atoms with Gasteiger partial charge in [-0.3, -0.25) is 4.79 Å². The number of aryl methyl sites for hydroxylation is 2. The molecule has 0 aliphatic rings. The highest BCUT2D eigenvalue weighted by molar-refractivity contribution is 7.89. The van der Waals surface area contributed by atoms with Gasteiger partial charge in [0.15, 0.2) is 5.03 Å². The summed E-state index contributed by atoms with van der Waals surface area (Å²) >= 11 is 0. The van der Waals surface area contributed by atoms with E-state index in [9.17, 15) is 13.2 Å². The SMILES string of the molecule is CCN(C(C)CC(=O)O)S(=O)(=O)c1cn(C)c(C)n1. The molecule has 1 unspecified atom stereocenters. The molecular weight excluding hydrogens is 270 g/mol. The fraction of sp³-hybridized carbons (Fsp3) is 0.636. The number of nitrogens with zero attached hydrogens (tertiary/aromatic N) is 3. The lowest BCUT2D eigenvalue weighted by Crippen LogP contribution is -2.39. The minimum atomic E-state index is -3.76. The summed E-state index contributed by atoms with van der Waals surface area (Å²) in [6.45, 7) is 5.15. The number of hydrogen-bond acceptors (Lipinski definition) is 4. The van der Waals surface area contributed by atoms with Gasteiger partial charge in [0.25, 0.3) is 10.0 Å². The molecule has 0 amide bonds. The van der Waals surface area contributed by atoms with Gasteiger partial charge in [0.05, 0.1) is 6.42 Å². The first kappa shape index (κ1) is 15.6. The molecule has 0 radical (unpaired) electrons. The summed E-state index contributed by atoms with van der Waals surface area (Å²) in [6.07, 6.45) is 1.19. The zero-order valence-corrected chi connectivity index (χ0v) is 12.3. The van der Waals surface area contributed by atoms with Crippen molar-refractivity contribution in [3.8, 4) is 0 Å². The predicted octanol–water partition coefficient (Wildman–Crippen LogP) is 0.602. The number of rotatable bonds is 6. The molecule has 108 valence electrons. The molecule has 8 heteroatoms. The molecule has 1 N–H and O–H groups in total. The van der Waals surface area contributed by atoms with Crippen molar-refractivity contribution in [2.45, 2.75) is 38.3 Å². The Labute approximate surface area is 112 Å². The predicted molar refractivity (Wildman–Crippen MR) is 69.2 cm³/mol. The molecule has 0 saturated carbocycles. The van der Waals surface area contributed by atoms with E-state index in [1.165, 1.54) is 6.20 Å². The molecule has 0 aromatic carbocycles. The molecule has 1 aromatic rings. The van der Waals surface area contributed by atoms with Crippen molar-refractivity contribution in [2.24, 2.45) is 7.05 Å². The van der Waals surface area contributed by atoms with Crippen molar-refractivity contribution >= 4 is 16.0 Å². The highest BCUT2D eigenvalue weighted by atomic mass is 32.2. The lowest BCUT2D eigenvalue weighted by molar-refractivity contribution is -0.137. The normalized spacial score (nSPS) is 13.7. The van der Waals surface area contributed by atoms with Crippen LogP contribution in [0.4, 0.5) is 0 Å². The molecule has 7 nitrogen and oxygen atoms in total. The average molecular weight is 289 g/mol. The quantitative estimate of drug-likeness (QED) is 0.828. The highest BCUT2D eigenvalue weighted by Gasteiger charge is 2.31. The van der Waals surface area contributed by atoms with E-state index >= 15 is 0 Å². The third-order valence-electron chi connectivity index (χ3n) is 2.93. The summed E-state index contributed by atoms with van der Waals surface area (Å²) < 4.78 is 27.6. The van der Waals surface area contributed by atoms with Gasteiger partial charge in [0, 0.05) is 25.8 Å². The second kappa shape index (κ2) is 5.70. The largest absolute Gasteiger partial charge is 0.481 e. The van der Waals surface area contributed by atoms with E-state index < -0.39 is 22.0 Å². The summed E-state index contributed by atoms with van der Waals surface area (Å²) in [5, 5.41) is 8.72. The standard InChI is InChI=1S/C11H19N3O4S/c1-5-14(8(2)6-11(15)16)19(17,18)10-7-13(4)9(3)12-10/h7-8H,5-6H2,1-4H3,(H,15,16). The molecule has 0 spiro atoms. The number of aromatic nitrogens is 2. The molecule has 0 saturated heterocycles. The van der Waals surface area contributed by atoms with Gasteiger partial charge in [-0.15, -0.1) is 0 Å². The van der Waals surface area contributed by atoms with Crippen LogP contribution >= 0.6 is 0 Å². The van der Waals surface area contributed by atoms with Crippen LogP contribution in [0.2, 0.25) is 0 Å². The number of aliphatic carboxylic acids is 1. The van der Waals surface area contributed by atoms with Gasteiger partial charge in [0.2, 0.25) is 0 Å². The monoisotopic (exact) mass is 289 g/mol. The van der Waals surface area contributed by atoms with E-state index in [0.29, 0.717) is 5.82 Å². The van der Waals surface area contributed by atoms with Crippen LogP contribution in [-0.4, -0.2) is 45.9 Å². The molecule has 0 aliphatic heterocycles. The number of carboxylic acid groups (broad SMARTS) is 1. The van der Waals surface area contributed by atoms with Gasteiger partial charge in [-0.1, -0.05) is 6.92 Å². The maximum absolute atomic E-state index is 12.4. The van der Waals surface area contributed by atoms with E-state index in [4.69, 9.17) is 5.11 Å². The maximum Gasteiger partial charge on any atom is 0.304 e. The van der Waals surface area contributed by atoms with Crippen LogP contribution < -0.4 is 0 Å². The smallest absolute Gasteiger partial charge is 0.304 e. The van der Waals surface area contributed by atoms with Crippen molar-refractivity contribution in [2.75, 3.05) is 6.54 Å². The zero-order chi connectivity index (χ0) is 14.8. The van der Waals surface area contributed by atoms with E-state index in [1.807, 2.05) is 0 Å². The highest BCUT2D eigenvalue weighted by Crippen LogP contribution is 2.18. The van der Waals surface area contributed by atoms with Gasteiger partial charge < -0.3 is 9.67 Å². The van der Waals surface area contributed by atoms with Crippen LogP contribution in [0.3, 0.4) is 0 Å². The van der Waals surface area contributed by atoms with Crippen LogP contribution in [0.25, 0.3) is 0 Å². The molecular formula is C11H19N3O4S. The Kier molecular flexibility index (Phi) is 4.70. The molecule has 1 atom stereocenters. The van der Waals surface area contributed by atoms with Gasteiger partial charge in [-0.2, -0.15) is 4.31 Å². The van der Waals surface area contributed by atoms with Gasteiger partial charge in [-0.05, 0) is 13.8 Å². The van der Waals surface area contributed by atoms with Crippen molar-refractivity contribution < 1.29 is 18.3 Å². The van der Waals surface area contributed by atoms with Crippen molar-refractivity contribution in [3.05, 3.63) is 12.0 Å². The van der Waals surface area contributed by atoms with Crippen molar-refractivity contribution in [1.82, 2.24) is 13.9 Å². The van der Waals surface area contributed by atoms with E-state index in [-0.39, 0.29) is 18.0 Å². The Hall–Kier alpha value is -1.41. The second-order valence-electron chi connectivity index (χ2n) is 4.39. The van der Waals surface area contributed by atoms with Crippen LogP contribution in [0.15, 0.2) is 11.2 Å². The topological polar surface area (TPSA) is 92.5 Å². The summed E-state index contributed by atoms with van der Waals surface area (Å²) in [5.74, 6) is -0.445. The summed E-state index contributed by atoms with van der Waals surface area (Å²) in [4.78, 5) is 14.7. The molecule has 0 fully saturated rings. The lowest BCUT2D eigenvalue weighted by Gasteiger charge is -2.24. The van der Waals surface area contributed by atoms with Crippen LogP contribution in [0.5, 0.6) is 0 Å². The first-order chi connectivity index (χ1) is 8.70. The average Bonchev–Trinajstić information content (AvgIpc) is 2.59. The third kappa shape index (κ3) is 3.32. The fourth-order valence-corrected chi connectivity index (χ4v) is 3.51. The Bertz CT molecular complexity index is 545. The number of sulfonamides is 1. The molecule has 1 aromatic heterocycles. The first-order valence-electron chi connectivity index (χ1n) is 5.93. The Morgan fingerprint density at radius 2 is 2.16 bits per heavy atom. The molecule has 1 rings (SSSR count). The van der Waals surface area contributed by atoms with Crippen LogP contribution in [-0.2, 0) is 21.9 Å². The maximum atomic E-state index is 12.4. The van der Waals surface area contributed by atoms with Gasteiger partial charge >= 0.3 is 5.97 Å². The Morgan fingerprint density at radius 3 is 2.53 bits per heavy atom. The zero-order valence-electron chi connectivity index (χ0n) is 11.5. The number of carboxylic acids is 1. The third-order valence-corrected chi connectivity index (χ3v) is 4.89. The number of carbonyl (C=O) groups is 1. The summed E-state index contributed by atoms with van der Waals surface area (Å²) in [6, 6.07) is -0.616. The molecule has 1 heterocycles. The van der Waals surface area contributed by atoms with Crippen LogP contribution in [0.1, 0.15) is 26.1 Å². The van der Waals surface area contributed by atoms with Crippen molar-refractivity contribution in [1.29, 1.82) is 0 Å². The minimum absolute atomic E-state index is 0.0495. The Morgan fingerprint density at radius 1 is 1.58 bits per heavy atom. The minimum Gasteiger partial charge on any atom is -0.481 e. The van der Waals surface area contributed by atoms with Gasteiger partial charge in [0.1, 0.15) is 5.82 Å². The fourth-order valence-electron chi connectivity index (χ4n) is 1.84. The second-order valence-corrected chi connectivity index (χ2v) is 6.23. The number of imidazole rings is 1. The summed E-state index contributed by atoms with van der Waals surface area (Å²) in [5.41, 5.74) is 0. The van der Waals surface area contributed by atoms with Crippen molar-refractivity contribution in [3.63, 3.8) is 0 Å². The first-order valence-corrected chi connectivity index (χ1v) is 7.37. The van der Waals surface area contributed by atoms with E-state index in [2.05, 4.69) is 4.98 Å². The van der Waals surface area contributed by atoms with Gasteiger partial charge in [-0.25, -0.2) is 13.4 Å². The molecule has 0 aliphatic carbocycles.